The van der Waals surface area contributed by atoms with Gasteiger partial charge < -0.3 is 15.7 Å². The minimum Gasteiger partial charge on any atom is -0.478 e. The standard InChI is InChI=1S/C10H14N4O5S/c1-20(18,19)13-3-2-12-10(17)14-8-4-7(9(15)16)5-11-6-8/h4-6,13H,2-3H2,1H3,(H,15,16)(H2,12,14,17). The average molecular weight is 302 g/mol. The Balaban J connectivity index is 2.43. The van der Waals surface area contributed by atoms with E-state index in [-0.39, 0.29) is 24.3 Å². The van der Waals surface area contributed by atoms with Crippen LogP contribution < -0.4 is 15.4 Å². The summed E-state index contributed by atoms with van der Waals surface area (Å²) in [6, 6.07) is 0.661. The second-order valence-corrected chi connectivity index (χ2v) is 5.65. The molecule has 0 aliphatic heterocycles. The van der Waals surface area contributed by atoms with Crippen LogP contribution >= 0.6 is 0 Å². The van der Waals surface area contributed by atoms with Gasteiger partial charge in [-0.3, -0.25) is 4.98 Å². The summed E-state index contributed by atoms with van der Waals surface area (Å²) in [5.41, 5.74) is 0.167. The van der Waals surface area contributed by atoms with Gasteiger partial charge in [-0.15, -0.1) is 0 Å². The Morgan fingerprint density at radius 2 is 2.00 bits per heavy atom. The quantitative estimate of drug-likeness (QED) is 0.520. The van der Waals surface area contributed by atoms with Gasteiger partial charge >= 0.3 is 12.0 Å². The summed E-state index contributed by atoms with van der Waals surface area (Å²) in [5, 5.41) is 13.5. The van der Waals surface area contributed by atoms with Gasteiger partial charge in [-0.1, -0.05) is 0 Å². The Bertz CT molecular complexity index is 601. The number of carbonyl (C=O) groups excluding carboxylic acids is 1. The minimum absolute atomic E-state index is 0.0541. The molecule has 0 radical (unpaired) electrons. The fourth-order valence-electron chi connectivity index (χ4n) is 1.21. The zero-order valence-electron chi connectivity index (χ0n) is 10.6. The van der Waals surface area contributed by atoms with Crippen molar-refractivity contribution in [2.45, 2.75) is 0 Å². The maximum absolute atomic E-state index is 11.4. The number of nitrogens with one attached hydrogen (secondary N) is 3. The van der Waals surface area contributed by atoms with E-state index in [4.69, 9.17) is 5.11 Å². The first-order valence-electron chi connectivity index (χ1n) is 5.46. The topological polar surface area (TPSA) is 137 Å². The van der Waals surface area contributed by atoms with Gasteiger partial charge in [0.05, 0.1) is 23.7 Å². The lowest BCUT2D eigenvalue weighted by atomic mass is 10.3. The number of aromatic nitrogens is 1. The van der Waals surface area contributed by atoms with Gasteiger partial charge in [-0.25, -0.2) is 22.7 Å². The van der Waals surface area contributed by atoms with Crippen molar-refractivity contribution in [1.82, 2.24) is 15.0 Å². The second-order valence-electron chi connectivity index (χ2n) is 3.81. The first-order valence-corrected chi connectivity index (χ1v) is 7.35. The van der Waals surface area contributed by atoms with Crippen molar-refractivity contribution in [3.63, 3.8) is 0 Å². The van der Waals surface area contributed by atoms with Crippen LogP contribution in [0, 0.1) is 0 Å². The molecule has 0 saturated heterocycles. The molecule has 0 saturated carbocycles. The van der Waals surface area contributed by atoms with Gasteiger partial charge in [-0.05, 0) is 6.07 Å². The number of pyridine rings is 1. The number of aromatic carboxylic acids is 1. The number of hydrogen-bond acceptors (Lipinski definition) is 5. The molecule has 10 heteroatoms. The second kappa shape index (κ2) is 6.82. The van der Waals surface area contributed by atoms with E-state index in [1.165, 1.54) is 12.3 Å². The number of carbonyl (C=O) groups is 2. The molecule has 1 aromatic heterocycles. The molecule has 0 bridgehead atoms. The van der Waals surface area contributed by atoms with Gasteiger partial charge in [0.25, 0.3) is 0 Å². The monoisotopic (exact) mass is 302 g/mol. The molecule has 9 nitrogen and oxygen atoms in total. The number of urea groups is 1. The number of anilines is 1. The van der Waals surface area contributed by atoms with Crippen molar-refractivity contribution >= 4 is 27.7 Å². The van der Waals surface area contributed by atoms with Crippen LogP contribution in [0.25, 0.3) is 0 Å². The van der Waals surface area contributed by atoms with E-state index >= 15 is 0 Å². The molecule has 4 N–H and O–H groups in total. The first-order chi connectivity index (χ1) is 9.28. The van der Waals surface area contributed by atoms with Gasteiger partial charge in [0.1, 0.15) is 0 Å². The Morgan fingerprint density at radius 3 is 2.60 bits per heavy atom. The zero-order valence-corrected chi connectivity index (χ0v) is 11.4. The fraction of sp³-hybridized carbons (Fsp3) is 0.300. The van der Waals surface area contributed by atoms with Crippen LogP contribution in [0.5, 0.6) is 0 Å². The number of nitrogens with zero attached hydrogens (tertiary/aromatic N) is 1. The van der Waals surface area contributed by atoms with Crippen molar-refractivity contribution in [2.24, 2.45) is 0 Å². The molecule has 0 spiro atoms. The van der Waals surface area contributed by atoms with Crippen molar-refractivity contribution < 1.29 is 23.1 Å². The summed E-state index contributed by atoms with van der Waals surface area (Å²) >= 11 is 0. The van der Waals surface area contributed by atoms with E-state index in [9.17, 15) is 18.0 Å². The highest BCUT2D eigenvalue weighted by molar-refractivity contribution is 7.88. The first kappa shape index (κ1) is 15.9. The number of rotatable bonds is 6. The van der Waals surface area contributed by atoms with Crippen molar-refractivity contribution in [3.8, 4) is 0 Å². The number of amides is 2. The molecule has 1 rings (SSSR count). The maximum Gasteiger partial charge on any atom is 0.337 e. The lowest BCUT2D eigenvalue weighted by Gasteiger charge is -2.08. The van der Waals surface area contributed by atoms with Crippen molar-refractivity contribution in [2.75, 3.05) is 24.7 Å². The van der Waals surface area contributed by atoms with E-state index < -0.39 is 22.0 Å². The van der Waals surface area contributed by atoms with Gasteiger partial charge in [0.2, 0.25) is 10.0 Å². The van der Waals surface area contributed by atoms with Crippen LogP contribution in [-0.2, 0) is 10.0 Å². The van der Waals surface area contributed by atoms with Crippen LogP contribution in [0.15, 0.2) is 18.5 Å². The molecule has 2 amide bonds. The summed E-state index contributed by atoms with van der Waals surface area (Å²) in [4.78, 5) is 25.8. The van der Waals surface area contributed by atoms with E-state index in [0.29, 0.717) is 0 Å². The number of hydrogen-bond donors (Lipinski definition) is 4. The van der Waals surface area contributed by atoms with Crippen molar-refractivity contribution in [1.29, 1.82) is 0 Å². The summed E-state index contributed by atoms with van der Waals surface area (Å²) in [6.45, 7) is 0.143. The number of carboxylic acid groups (broad SMARTS) is 1. The Kier molecular flexibility index (Phi) is 5.41. The molecule has 0 aliphatic rings. The van der Waals surface area contributed by atoms with Gasteiger partial charge in [0, 0.05) is 19.3 Å². The highest BCUT2D eigenvalue weighted by atomic mass is 32.2. The van der Waals surface area contributed by atoms with Gasteiger partial charge in [-0.2, -0.15) is 0 Å². The molecule has 0 aromatic carbocycles. The highest BCUT2D eigenvalue weighted by Gasteiger charge is 2.07. The summed E-state index contributed by atoms with van der Waals surface area (Å²) in [7, 11) is -3.29. The van der Waals surface area contributed by atoms with Crippen LogP contribution in [0.2, 0.25) is 0 Å². The molecular weight excluding hydrogens is 288 g/mol. The third-order valence-corrected chi connectivity index (χ3v) is 2.75. The summed E-state index contributed by atoms with van der Waals surface area (Å²) < 4.78 is 23.7. The van der Waals surface area contributed by atoms with E-state index in [2.05, 4.69) is 20.3 Å². The maximum atomic E-state index is 11.4. The zero-order chi connectivity index (χ0) is 15.2. The van der Waals surface area contributed by atoms with E-state index in [0.717, 1.165) is 12.5 Å². The molecule has 0 unspecified atom stereocenters. The third-order valence-electron chi connectivity index (χ3n) is 2.02. The fourth-order valence-corrected chi connectivity index (χ4v) is 1.69. The largest absolute Gasteiger partial charge is 0.478 e. The van der Waals surface area contributed by atoms with Crippen LogP contribution in [0.3, 0.4) is 0 Å². The molecule has 20 heavy (non-hydrogen) atoms. The lowest BCUT2D eigenvalue weighted by molar-refractivity contribution is 0.0696. The normalized spacial score (nSPS) is 10.8. The third kappa shape index (κ3) is 6.11. The summed E-state index contributed by atoms with van der Waals surface area (Å²) in [5.74, 6) is -1.15. The van der Waals surface area contributed by atoms with Gasteiger partial charge in [0.15, 0.2) is 0 Å². The van der Waals surface area contributed by atoms with Crippen LogP contribution in [0.1, 0.15) is 10.4 Å². The average Bonchev–Trinajstić information content (AvgIpc) is 2.34. The smallest absolute Gasteiger partial charge is 0.337 e. The summed E-state index contributed by atoms with van der Waals surface area (Å²) in [6.07, 6.45) is 3.46. The number of carboxylic acids is 1. The van der Waals surface area contributed by atoms with E-state index in [1.807, 2.05) is 0 Å². The predicted octanol–water partition coefficient (Wildman–Crippen LogP) is -0.549. The van der Waals surface area contributed by atoms with Crippen molar-refractivity contribution in [3.05, 3.63) is 24.0 Å². The SMILES string of the molecule is CS(=O)(=O)NCCNC(=O)Nc1cncc(C(=O)O)c1. The van der Waals surface area contributed by atoms with Crippen LogP contribution in [0.4, 0.5) is 10.5 Å². The molecule has 0 fully saturated rings. The van der Waals surface area contributed by atoms with E-state index in [1.54, 1.807) is 0 Å². The minimum atomic E-state index is -3.29. The lowest BCUT2D eigenvalue weighted by Crippen LogP contribution is -2.36. The molecule has 1 aromatic rings. The molecule has 110 valence electrons. The van der Waals surface area contributed by atoms with Crippen LogP contribution in [-0.4, -0.2) is 49.9 Å². The molecular formula is C10H14N4O5S. The molecule has 0 aliphatic carbocycles. The Morgan fingerprint density at radius 1 is 1.30 bits per heavy atom. The molecule has 1 heterocycles. The Labute approximate surface area is 115 Å². The molecule has 0 atom stereocenters. The highest BCUT2D eigenvalue weighted by Crippen LogP contribution is 2.07. The number of sulfonamides is 1. The predicted molar refractivity (Wildman–Crippen MR) is 71.1 cm³/mol. The Hall–Kier alpha value is -2.20.